The minimum Gasteiger partial charge on any atom is -0.482 e. The summed E-state index contributed by atoms with van der Waals surface area (Å²) in [6, 6.07) is 5.35. The maximum absolute atomic E-state index is 5.95. The minimum absolute atomic E-state index is 0.137. The van der Waals surface area contributed by atoms with Crippen molar-refractivity contribution in [1.82, 2.24) is 10.2 Å². The first-order valence-corrected chi connectivity index (χ1v) is 6.08. The number of nitrogens with zero attached hydrogens (tertiary/aromatic N) is 2. The summed E-state index contributed by atoms with van der Waals surface area (Å²) in [6.45, 7) is 2.78. The molecule has 0 aliphatic carbocycles. The van der Waals surface area contributed by atoms with Crippen LogP contribution >= 0.6 is 23.2 Å². The molecule has 1 aromatic carbocycles. The third-order valence-corrected chi connectivity index (χ3v) is 2.59. The highest BCUT2D eigenvalue weighted by Crippen LogP contribution is 2.28. The summed E-state index contributed by atoms with van der Waals surface area (Å²) in [5.41, 5.74) is 0. The van der Waals surface area contributed by atoms with E-state index in [4.69, 9.17) is 32.4 Å². The number of anilines is 1. The van der Waals surface area contributed by atoms with Crippen molar-refractivity contribution >= 4 is 29.2 Å². The SMILES string of the molecule is CCNc1nnc(COc2cc(Cl)ccc2Cl)o1. The highest BCUT2D eigenvalue weighted by molar-refractivity contribution is 6.34. The predicted molar refractivity (Wildman–Crippen MR) is 69.3 cm³/mol. The minimum atomic E-state index is 0.137. The van der Waals surface area contributed by atoms with Crippen LogP contribution in [0.2, 0.25) is 10.0 Å². The summed E-state index contributed by atoms with van der Waals surface area (Å²) in [5, 5.41) is 11.5. The van der Waals surface area contributed by atoms with Crippen molar-refractivity contribution in [2.75, 3.05) is 11.9 Å². The molecule has 0 amide bonds. The molecule has 0 unspecified atom stereocenters. The molecule has 1 N–H and O–H groups in total. The summed E-state index contributed by atoms with van der Waals surface area (Å²) in [4.78, 5) is 0. The largest absolute Gasteiger partial charge is 0.482 e. The Bertz CT molecular complexity index is 531. The zero-order valence-corrected chi connectivity index (χ0v) is 11.1. The van der Waals surface area contributed by atoms with Gasteiger partial charge in [-0.25, -0.2) is 0 Å². The Morgan fingerprint density at radius 2 is 2.17 bits per heavy atom. The maximum atomic E-state index is 5.95. The van der Waals surface area contributed by atoms with Crippen LogP contribution in [0.1, 0.15) is 12.8 Å². The smallest absolute Gasteiger partial charge is 0.315 e. The fraction of sp³-hybridized carbons (Fsp3) is 0.273. The van der Waals surface area contributed by atoms with Crippen LogP contribution in [0.15, 0.2) is 22.6 Å². The van der Waals surface area contributed by atoms with Crippen molar-refractivity contribution < 1.29 is 9.15 Å². The summed E-state index contributed by atoms with van der Waals surface area (Å²) in [6.07, 6.45) is 0. The van der Waals surface area contributed by atoms with Crippen molar-refractivity contribution in [1.29, 1.82) is 0 Å². The Hall–Kier alpha value is -1.46. The quantitative estimate of drug-likeness (QED) is 0.913. The standard InChI is InChI=1S/C11H11Cl2N3O2/c1-2-14-11-16-15-10(18-11)6-17-9-5-7(12)3-4-8(9)13/h3-5H,2,6H2,1H3,(H,14,16). The molecule has 0 spiro atoms. The van der Waals surface area contributed by atoms with Gasteiger partial charge in [0.25, 0.3) is 5.89 Å². The van der Waals surface area contributed by atoms with Crippen LogP contribution in [0.3, 0.4) is 0 Å². The molecule has 7 heteroatoms. The van der Waals surface area contributed by atoms with E-state index in [0.717, 1.165) is 0 Å². The predicted octanol–water partition coefficient (Wildman–Crippen LogP) is 3.39. The zero-order valence-electron chi connectivity index (χ0n) is 9.61. The molecule has 2 rings (SSSR count). The van der Waals surface area contributed by atoms with Gasteiger partial charge in [-0.3, -0.25) is 0 Å². The van der Waals surface area contributed by atoms with Crippen molar-refractivity contribution in [2.24, 2.45) is 0 Å². The van der Waals surface area contributed by atoms with E-state index in [1.165, 1.54) is 0 Å². The summed E-state index contributed by atoms with van der Waals surface area (Å²) >= 11 is 11.8. The number of hydrogen-bond acceptors (Lipinski definition) is 5. The maximum Gasteiger partial charge on any atom is 0.315 e. The molecule has 96 valence electrons. The van der Waals surface area contributed by atoms with Crippen LogP contribution in [0, 0.1) is 0 Å². The molecule has 0 aliphatic heterocycles. The molecule has 18 heavy (non-hydrogen) atoms. The monoisotopic (exact) mass is 287 g/mol. The van der Waals surface area contributed by atoms with E-state index in [1.54, 1.807) is 18.2 Å². The van der Waals surface area contributed by atoms with E-state index in [2.05, 4.69) is 15.5 Å². The van der Waals surface area contributed by atoms with E-state index in [9.17, 15) is 0 Å². The van der Waals surface area contributed by atoms with Crippen LogP contribution in [0.5, 0.6) is 5.75 Å². The lowest BCUT2D eigenvalue weighted by Crippen LogP contribution is -1.96. The highest BCUT2D eigenvalue weighted by atomic mass is 35.5. The first-order chi connectivity index (χ1) is 8.69. The summed E-state index contributed by atoms with van der Waals surface area (Å²) < 4.78 is 10.7. The number of halogens is 2. The molecule has 0 aliphatic rings. The van der Waals surface area contributed by atoms with Crippen LogP contribution < -0.4 is 10.1 Å². The molecule has 0 radical (unpaired) electrons. The topological polar surface area (TPSA) is 60.2 Å². The Morgan fingerprint density at radius 1 is 1.33 bits per heavy atom. The Morgan fingerprint density at radius 3 is 2.94 bits per heavy atom. The molecule has 0 saturated carbocycles. The lowest BCUT2D eigenvalue weighted by molar-refractivity contribution is 0.265. The Labute approximate surface area is 114 Å². The van der Waals surface area contributed by atoms with Crippen molar-refractivity contribution in [3.05, 3.63) is 34.1 Å². The van der Waals surface area contributed by atoms with Gasteiger partial charge >= 0.3 is 6.01 Å². The molecule has 0 atom stereocenters. The average Bonchev–Trinajstić information content (AvgIpc) is 2.79. The molecule has 5 nitrogen and oxygen atoms in total. The molecule has 0 saturated heterocycles. The molecular weight excluding hydrogens is 277 g/mol. The fourth-order valence-corrected chi connectivity index (χ4v) is 1.60. The Kier molecular flexibility index (Phi) is 4.28. The van der Waals surface area contributed by atoms with Gasteiger partial charge in [-0.2, -0.15) is 0 Å². The first-order valence-electron chi connectivity index (χ1n) is 5.33. The normalized spacial score (nSPS) is 10.4. The summed E-state index contributed by atoms with van der Waals surface area (Å²) in [5.74, 6) is 0.842. The third-order valence-electron chi connectivity index (χ3n) is 2.04. The van der Waals surface area contributed by atoms with E-state index in [1.807, 2.05) is 6.92 Å². The first kappa shape index (κ1) is 13.0. The van der Waals surface area contributed by atoms with Gasteiger partial charge in [-0.05, 0) is 19.1 Å². The molecular formula is C11H11Cl2N3O2. The van der Waals surface area contributed by atoms with E-state index in [-0.39, 0.29) is 6.61 Å². The zero-order chi connectivity index (χ0) is 13.0. The lowest BCUT2D eigenvalue weighted by atomic mass is 10.3. The van der Waals surface area contributed by atoms with E-state index < -0.39 is 0 Å². The van der Waals surface area contributed by atoms with Crippen LogP contribution in [0.4, 0.5) is 6.01 Å². The van der Waals surface area contributed by atoms with Gasteiger partial charge in [0.1, 0.15) is 5.75 Å². The van der Waals surface area contributed by atoms with Gasteiger partial charge in [0.05, 0.1) is 5.02 Å². The average molecular weight is 288 g/mol. The molecule has 0 bridgehead atoms. The summed E-state index contributed by atoms with van der Waals surface area (Å²) in [7, 11) is 0. The second-order valence-electron chi connectivity index (χ2n) is 3.39. The Balaban J connectivity index is 1.99. The number of hydrogen-bond donors (Lipinski definition) is 1. The second kappa shape index (κ2) is 5.93. The van der Waals surface area contributed by atoms with Gasteiger partial charge in [-0.1, -0.05) is 28.3 Å². The van der Waals surface area contributed by atoms with Gasteiger partial charge in [0.2, 0.25) is 0 Å². The van der Waals surface area contributed by atoms with Gasteiger partial charge in [-0.15, -0.1) is 5.10 Å². The van der Waals surface area contributed by atoms with Gasteiger partial charge < -0.3 is 14.5 Å². The molecule has 1 aromatic heterocycles. The van der Waals surface area contributed by atoms with Crippen molar-refractivity contribution in [3.8, 4) is 5.75 Å². The van der Waals surface area contributed by atoms with Crippen LogP contribution in [-0.4, -0.2) is 16.7 Å². The number of aromatic nitrogens is 2. The fourth-order valence-electron chi connectivity index (χ4n) is 1.26. The second-order valence-corrected chi connectivity index (χ2v) is 4.24. The van der Waals surface area contributed by atoms with E-state index in [0.29, 0.717) is 34.2 Å². The highest BCUT2D eigenvalue weighted by Gasteiger charge is 2.08. The molecule has 1 heterocycles. The molecule has 0 fully saturated rings. The lowest BCUT2D eigenvalue weighted by Gasteiger charge is -2.05. The van der Waals surface area contributed by atoms with Crippen molar-refractivity contribution in [2.45, 2.75) is 13.5 Å². The number of nitrogens with one attached hydrogen (secondary N) is 1. The molecule has 2 aromatic rings. The van der Waals surface area contributed by atoms with Gasteiger partial charge in [0, 0.05) is 17.6 Å². The van der Waals surface area contributed by atoms with Crippen molar-refractivity contribution in [3.63, 3.8) is 0 Å². The van der Waals surface area contributed by atoms with Crippen LogP contribution in [-0.2, 0) is 6.61 Å². The van der Waals surface area contributed by atoms with E-state index >= 15 is 0 Å². The number of rotatable bonds is 5. The van der Waals surface area contributed by atoms with Crippen LogP contribution in [0.25, 0.3) is 0 Å². The number of ether oxygens (including phenoxy) is 1. The number of benzene rings is 1. The third kappa shape index (κ3) is 3.27. The van der Waals surface area contributed by atoms with Gasteiger partial charge in [0.15, 0.2) is 6.61 Å².